The van der Waals surface area contributed by atoms with Crippen LogP contribution in [0.1, 0.15) is 30.9 Å². The van der Waals surface area contributed by atoms with Gasteiger partial charge in [-0.05, 0) is 57.5 Å². The predicted octanol–water partition coefficient (Wildman–Crippen LogP) is 3.95. The van der Waals surface area contributed by atoms with Gasteiger partial charge in [-0.15, -0.1) is 0 Å². The highest BCUT2D eigenvalue weighted by Crippen LogP contribution is 2.29. The first-order valence-electron chi connectivity index (χ1n) is 11.7. The Bertz CT molecular complexity index is 868. The second-order valence-corrected chi connectivity index (χ2v) is 8.75. The lowest BCUT2D eigenvalue weighted by Gasteiger charge is -2.39. The molecule has 0 saturated carbocycles. The van der Waals surface area contributed by atoms with Crippen molar-refractivity contribution in [1.82, 2.24) is 9.80 Å². The summed E-state index contributed by atoms with van der Waals surface area (Å²) in [7, 11) is 0. The number of hydrogen-bond donors (Lipinski definition) is 0. The molecule has 4 rings (SSSR count). The number of carbonyl (C=O) groups is 1. The number of nitrogens with zero attached hydrogens (tertiary/aromatic N) is 3. The van der Waals surface area contributed by atoms with Crippen molar-refractivity contribution in [2.24, 2.45) is 5.92 Å². The average molecular weight is 422 g/mol. The van der Waals surface area contributed by atoms with Crippen LogP contribution in [0.15, 0.2) is 48.5 Å². The van der Waals surface area contributed by atoms with Crippen LogP contribution in [0.2, 0.25) is 0 Å². The molecular weight excluding hydrogens is 386 g/mol. The highest BCUT2D eigenvalue weighted by molar-refractivity contribution is 5.79. The molecule has 5 heteroatoms. The van der Waals surface area contributed by atoms with Gasteiger partial charge >= 0.3 is 0 Å². The smallest absolute Gasteiger partial charge is 0.225 e. The lowest BCUT2D eigenvalue weighted by Crippen LogP contribution is -2.51. The van der Waals surface area contributed by atoms with E-state index in [-0.39, 0.29) is 5.92 Å². The van der Waals surface area contributed by atoms with Crippen LogP contribution in [-0.2, 0) is 11.3 Å². The standard InChI is InChI=1S/C26H35N3O2/c1-3-31-25-10-5-4-9-24(25)28-15-17-29(18-16-28)26(30)23-11-13-27(14-12-23)20-22-8-6-7-21(2)19-22/h4-10,19,23H,3,11-18,20H2,1-2H3. The van der Waals surface area contributed by atoms with Crippen LogP contribution in [0, 0.1) is 12.8 Å². The summed E-state index contributed by atoms with van der Waals surface area (Å²) in [5.74, 6) is 1.47. The first-order valence-corrected chi connectivity index (χ1v) is 11.7. The maximum Gasteiger partial charge on any atom is 0.225 e. The van der Waals surface area contributed by atoms with E-state index in [4.69, 9.17) is 4.74 Å². The first-order chi connectivity index (χ1) is 15.1. The average Bonchev–Trinajstić information content (AvgIpc) is 2.80. The minimum Gasteiger partial charge on any atom is -0.492 e. The molecule has 166 valence electrons. The van der Waals surface area contributed by atoms with Crippen LogP contribution in [0.25, 0.3) is 0 Å². The molecule has 2 heterocycles. The van der Waals surface area contributed by atoms with Crippen molar-refractivity contribution in [3.05, 3.63) is 59.7 Å². The van der Waals surface area contributed by atoms with Gasteiger partial charge in [-0.25, -0.2) is 0 Å². The van der Waals surface area contributed by atoms with Gasteiger partial charge in [-0.3, -0.25) is 9.69 Å². The summed E-state index contributed by atoms with van der Waals surface area (Å²) in [4.78, 5) is 20.1. The number of likely N-dealkylation sites (tertiary alicyclic amines) is 1. The third-order valence-corrected chi connectivity index (χ3v) is 6.52. The fraction of sp³-hybridized carbons (Fsp3) is 0.500. The van der Waals surface area contributed by atoms with E-state index < -0.39 is 0 Å². The van der Waals surface area contributed by atoms with Gasteiger partial charge in [-0.1, -0.05) is 42.0 Å². The van der Waals surface area contributed by atoms with Gasteiger partial charge in [-0.2, -0.15) is 0 Å². The Hall–Kier alpha value is -2.53. The molecule has 0 atom stereocenters. The van der Waals surface area contributed by atoms with Gasteiger partial charge in [0.1, 0.15) is 5.75 Å². The molecule has 0 N–H and O–H groups in total. The van der Waals surface area contributed by atoms with E-state index in [0.29, 0.717) is 12.5 Å². The lowest BCUT2D eigenvalue weighted by atomic mass is 9.94. The van der Waals surface area contributed by atoms with E-state index in [2.05, 4.69) is 58.0 Å². The molecule has 5 nitrogen and oxygen atoms in total. The number of anilines is 1. The van der Waals surface area contributed by atoms with E-state index in [1.54, 1.807) is 0 Å². The number of piperazine rings is 1. The van der Waals surface area contributed by atoms with Crippen molar-refractivity contribution < 1.29 is 9.53 Å². The summed E-state index contributed by atoms with van der Waals surface area (Å²) < 4.78 is 5.79. The van der Waals surface area contributed by atoms with Crippen LogP contribution in [0.3, 0.4) is 0 Å². The summed E-state index contributed by atoms with van der Waals surface area (Å²) >= 11 is 0. The van der Waals surface area contributed by atoms with Crippen LogP contribution in [0.5, 0.6) is 5.75 Å². The fourth-order valence-electron chi connectivity index (χ4n) is 4.83. The number of piperidine rings is 1. The van der Waals surface area contributed by atoms with E-state index >= 15 is 0 Å². The van der Waals surface area contributed by atoms with Crippen molar-refractivity contribution in [3.63, 3.8) is 0 Å². The van der Waals surface area contributed by atoms with Crippen molar-refractivity contribution >= 4 is 11.6 Å². The Kier molecular flexibility index (Phi) is 7.13. The van der Waals surface area contributed by atoms with Gasteiger partial charge in [0, 0.05) is 38.6 Å². The summed E-state index contributed by atoms with van der Waals surface area (Å²) in [6.45, 7) is 11.1. The molecule has 0 radical (unpaired) electrons. The second-order valence-electron chi connectivity index (χ2n) is 8.75. The molecule has 2 saturated heterocycles. The number of hydrogen-bond acceptors (Lipinski definition) is 4. The van der Waals surface area contributed by atoms with Crippen molar-refractivity contribution in [2.45, 2.75) is 33.2 Å². The van der Waals surface area contributed by atoms with Crippen molar-refractivity contribution in [1.29, 1.82) is 0 Å². The number of rotatable bonds is 6. The Morgan fingerprint density at radius 2 is 1.71 bits per heavy atom. The van der Waals surface area contributed by atoms with Crippen molar-refractivity contribution in [3.8, 4) is 5.75 Å². The molecule has 0 aromatic heterocycles. The molecule has 0 bridgehead atoms. The highest BCUT2D eigenvalue weighted by atomic mass is 16.5. The molecule has 0 aliphatic carbocycles. The summed E-state index contributed by atoms with van der Waals surface area (Å²) in [5, 5.41) is 0. The molecule has 1 amide bonds. The number of para-hydroxylation sites is 2. The van der Waals surface area contributed by atoms with Gasteiger partial charge in [0.15, 0.2) is 0 Å². The zero-order valence-electron chi connectivity index (χ0n) is 18.9. The number of benzene rings is 2. The van der Waals surface area contributed by atoms with Crippen LogP contribution >= 0.6 is 0 Å². The number of amides is 1. The first kappa shape index (κ1) is 21.7. The van der Waals surface area contributed by atoms with Gasteiger partial charge in [0.05, 0.1) is 12.3 Å². The molecule has 2 fully saturated rings. The molecule has 0 unspecified atom stereocenters. The molecule has 2 aliphatic heterocycles. The van der Waals surface area contributed by atoms with E-state index in [1.165, 1.54) is 11.1 Å². The molecule has 31 heavy (non-hydrogen) atoms. The zero-order chi connectivity index (χ0) is 21.6. The third kappa shape index (κ3) is 5.40. The van der Waals surface area contributed by atoms with E-state index in [0.717, 1.165) is 70.1 Å². The van der Waals surface area contributed by atoms with Crippen LogP contribution < -0.4 is 9.64 Å². The largest absolute Gasteiger partial charge is 0.492 e. The number of ether oxygens (including phenoxy) is 1. The van der Waals surface area contributed by atoms with Crippen molar-refractivity contribution in [2.75, 3.05) is 50.8 Å². The van der Waals surface area contributed by atoms with Crippen LogP contribution in [-0.4, -0.2) is 61.6 Å². The SMILES string of the molecule is CCOc1ccccc1N1CCN(C(=O)C2CCN(Cc3cccc(C)c3)CC2)CC1. The minimum absolute atomic E-state index is 0.177. The monoisotopic (exact) mass is 421 g/mol. The highest BCUT2D eigenvalue weighted by Gasteiger charge is 2.30. The summed E-state index contributed by atoms with van der Waals surface area (Å²) in [6, 6.07) is 17.0. The Labute approximate surface area is 186 Å². The summed E-state index contributed by atoms with van der Waals surface area (Å²) in [6.07, 6.45) is 1.94. The lowest BCUT2D eigenvalue weighted by molar-refractivity contribution is -0.137. The molecule has 2 aromatic rings. The number of aryl methyl sites for hydroxylation is 1. The van der Waals surface area contributed by atoms with Gasteiger partial charge in [0.2, 0.25) is 5.91 Å². The number of carbonyl (C=O) groups excluding carboxylic acids is 1. The van der Waals surface area contributed by atoms with Crippen LogP contribution in [0.4, 0.5) is 5.69 Å². The maximum atomic E-state index is 13.1. The zero-order valence-corrected chi connectivity index (χ0v) is 18.9. The van der Waals surface area contributed by atoms with Gasteiger partial charge in [0.25, 0.3) is 0 Å². The molecule has 2 aliphatic rings. The van der Waals surface area contributed by atoms with Gasteiger partial charge < -0.3 is 14.5 Å². The molecule has 0 spiro atoms. The topological polar surface area (TPSA) is 36.0 Å². The van der Waals surface area contributed by atoms with E-state index in [1.807, 2.05) is 19.1 Å². The minimum atomic E-state index is 0.177. The fourth-order valence-corrected chi connectivity index (χ4v) is 4.83. The summed E-state index contributed by atoms with van der Waals surface area (Å²) in [5.41, 5.74) is 3.82. The van der Waals surface area contributed by atoms with E-state index in [9.17, 15) is 4.79 Å². The third-order valence-electron chi connectivity index (χ3n) is 6.52. The maximum absolute atomic E-state index is 13.1. The Morgan fingerprint density at radius 3 is 2.42 bits per heavy atom. The quantitative estimate of drug-likeness (QED) is 0.708. The Morgan fingerprint density at radius 1 is 0.968 bits per heavy atom. The predicted molar refractivity (Wildman–Crippen MR) is 126 cm³/mol. The second kappa shape index (κ2) is 10.2. The Balaban J connectivity index is 1.26. The molecule has 2 aromatic carbocycles. The molecular formula is C26H35N3O2. The normalized spacial score (nSPS) is 18.3.